The maximum atomic E-state index is 5.64. The van der Waals surface area contributed by atoms with Crippen LogP contribution in [0.1, 0.15) is 25.5 Å². The fourth-order valence-corrected chi connectivity index (χ4v) is 1.74. The Balaban J connectivity index is 2.58. The van der Waals surface area contributed by atoms with Gasteiger partial charge in [-0.3, -0.25) is 0 Å². The highest BCUT2D eigenvalue weighted by molar-refractivity contribution is 5.35. The zero-order valence-corrected chi connectivity index (χ0v) is 11.4. The highest BCUT2D eigenvalue weighted by atomic mass is 16.5. The van der Waals surface area contributed by atoms with Gasteiger partial charge in [0.25, 0.3) is 0 Å². The number of likely N-dealkylation sites (N-methyl/N-ethyl adjacent to an activating group) is 1. The molecule has 1 rings (SSSR count). The van der Waals surface area contributed by atoms with E-state index in [1.165, 1.54) is 5.56 Å². The number of hydrogen-bond donors (Lipinski definition) is 1. The molecule has 0 radical (unpaired) electrons. The maximum Gasteiger partial charge on any atom is 0.124 e. The second-order valence-electron chi connectivity index (χ2n) is 4.45. The number of benzene rings is 1. The van der Waals surface area contributed by atoms with Gasteiger partial charge in [-0.25, -0.2) is 0 Å². The van der Waals surface area contributed by atoms with Crippen LogP contribution < -0.4 is 10.1 Å². The summed E-state index contributed by atoms with van der Waals surface area (Å²) < 4.78 is 5.64. The maximum absolute atomic E-state index is 5.64. The molecule has 0 aromatic heterocycles. The quantitative estimate of drug-likeness (QED) is 0.786. The minimum absolute atomic E-state index is 0.317. The van der Waals surface area contributed by atoms with Crippen LogP contribution in [0.5, 0.6) is 5.75 Å². The molecule has 1 aromatic rings. The van der Waals surface area contributed by atoms with Gasteiger partial charge in [-0.15, -0.1) is 0 Å². The van der Waals surface area contributed by atoms with E-state index in [4.69, 9.17) is 4.74 Å². The zero-order valence-electron chi connectivity index (χ0n) is 11.4. The third-order valence-electron chi connectivity index (χ3n) is 2.69. The minimum Gasteiger partial charge on any atom is -0.494 e. The van der Waals surface area contributed by atoms with Crippen molar-refractivity contribution in [1.29, 1.82) is 0 Å². The molecule has 0 saturated heterocycles. The predicted molar refractivity (Wildman–Crippen MR) is 72.6 cm³/mol. The first-order valence-corrected chi connectivity index (χ1v) is 6.25. The highest BCUT2D eigenvalue weighted by Gasteiger charge is 2.09. The van der Waals surface area contributed by atoms with Crippen molar-refractivity contribution in [3.63, 3.8) is 0 Å². The molecule has 0 spiro atoms. The molecule has 1 atom stereocenters. The van der Waals surface area contributed by atoms with E-state index in [1.807, 2.05) is 19.1 Å². The lowest BCUT2D eigenvalue weighted by Gasteiger charge is -2.19. The van der Waals surface area contributed by atoms with Crippen molar-refractivity contribution in [2.75, 3.05) is 33.8 Å². The Bertz CT molecular complexity index is 326. The number of ether oxygens (including phenoxy) is 1. The number of rotatable bonds is 7. The first-order valence-electron chi connectivity index (χ1n) is 6.25. The molecule has 1 aromatic carbocycles. The molecule has 1 unspecified atom stereocenters. The average molecular weight is 236 g/mol. The van der Waals surface area contributed by atoms with Crippen LogP contribution in [0.2, 0.25) is 0 Å². The lowest BCUT2D eigenvalue weighted by atomic mass is 10.1. The highest BCUT2D eigenvalue weighted by Crippen LogP contribution is 2.24. The summed E-state index contributed by atoms with van der Waals surface area (Å²) >= 11 is 0. The largest absolute Gasteiger partial charge is 0.494 e. The average Bonchev–Trinajstić information content (AvgIpc) is 2.29. The van der Waals surface area contributed by atoms with E-state index in [-0.39, 0.29) is 0 Å². The summed E-state index contributed by atoms with van der Waals surface area (Å²) in [6.07, 6.45) is 0. The van der Waals surface area contributed by atoms with Crippen LogP contribution in [0.25, 0.3) is 0 Å². The third-order valence-corrected chi connectivity index (χ3v) is 2.69. The Morgan fingerprint density at radius 3 is 2.65 bits per heavy atom. The molecule has 1 N–H and O–H groups in total. The van der Waals surface area contributed by atoms with Gasteiger partial charge < -0.3 is 15.0 Å². The van der Waals surface area contributed by atoms with Crippen LogP contribution in [-0.2, 0) is 0 Å². The number of nitrogens with zero attached hydrogens (tertiary/aromatic N) is 1. The second kappa shape index (κ2) is 7.30. The molecule has 0 saturated carbocycles. The third kappa shape index (κ3) is 4.75. The zero-order chi connectivity index (χ0) is 12.7. The van der Waals surface area contributed by atoms with Crippen LogP contribution in [-0.4, -0.2) is 38.7 Å². The molecule has 0 heterocycles. The Morgan fingerprint density at radius 2 is 2.00 bits per heavy atom. The molecule has 0 bridgehead atoms. The van der Waals surface area contributed by atoms with Crippen molar-refractivity contribution in [2.24, 2.45) is 0 Å². The minimum atomic E-state index is 0.317. The molecule has 0 fully saturated rings. The van der Waals surface area contributed by atoms with Gasteiger partial charge in [0, 0.05) is 24.7 Å². The van der Waals surface area contributed by atoms with Crippen LogP contribution in [0.4, 0.5) is 0 Å². The standard InChI is InChI=1S/C14H24N2O/c1-5-17-14-9-7-6-8-13(14)12(2)15-10-11-16(3)4/h6-9,12,15H,5,10-11H2,1-4H3. The van der Waals surface area contributed by atoms with Crippen molar-refractivity contribution in [3.8, 4) is 5.75 Å². The molecule has 0 amide bonds. The van der Waals surface area contributed by atoms with Gasteiger partial charge in [0.2, 0.25) is 0 Å². The molecule has 96 valence electrons. The first-order chi connectivity index (χ1) is 8.15. The van der Waals surface area contributed by atoms with Gasteiger partial charge in [-0.2, -0.15) is 0 Å². The molecule has 0 aliphatic carbocycles. The van der Waals surface area contributed by atoms with Gasteiger partial charge in [0.1, 0.15) is 5.75 Å². The smallest absolute Gasteiger partial charge is 0.124 e. The van der Waals surface area contributed by atoms with Crippen LogP contribution in [0.15, 0.2) is 24.3 Å². The summed E-state index contributed by atoms with van der Waals surface area (Å²) in [5.41, 5.74) is 1.23. The molecule has 3 heteroatoms. The second-order valence-corrected chi connectivity index (χ2v) is 4.45. The normalized spacial score (nSPS) is 12.8. The molecule has 0 aliphatic rings. The Kier molecular flexibility index (Phi) is 6.01. The van der Waals surface area contributed by atoms with Crippen molar-refractivity contribution in [2.45, 2.75) is 19.9 Å². The molecule has 3 nitrogen and oxygen atoms in total. The molecular weight excluding hydrogens is 212 g/mol. The van der Waals surface area contributed by atoms with Crippen LogP contribution >= 0.6 is 0 Å². The van der Waals surface area contributed by atoms with Crippen molar-refractivity contribution in [1.82, 2.24) is 10.2 Å². The summed E-state index contributed by atoms with van der Waals surface area (Å²) in [5, 5.41) is 3.51. The summed E-state index contributed by atoms with van der Waals surface area (Å²) in [6.45, 7) is 6.92. The SMILES string of the molecule is CCOc1ccccc1C(C)NCCN(C)C. The summed E-state index contributed by atoms with van der Waals surface area (Å²) in [6, 6.07) is 8.54. The van der Waals surface area contributed by atoms with E-state index in [9.17, 15) is 0 Å². The van der Waals surface area contributed by atoms with E-state index >= 15 is 0 Å². The topological polar surface area (TPSA) is 24.5 Å². The van der Waals surface area contributed by atoms with Gasteiger partial charge in [0.15, 0.2) is 0 Å². The summed E-state index contributed by atoms with van der Waals surface area (Å²) in [7, 11) is 4.17. The lowest BCUT2D eigenvalue weighted by molar-refractivity contribution is 0.330. The Hall–Kier alpha value is -1.06. The van der Waals surface area contributed by atoms with Crippen molar-refractivity contribution >= 4 is 0 Å². The fraction of sp³-hybridized carbons (Fsp3) is 0.571. The van der Waals surface area contributed by atoms with E-state index < -0.39 is 0 Å². The van der Waals surface area contributed by atoms with E-state index in [0.29, 0.717) is 12.6 Å². The van der Waals surface area contributed by atoms with Gasteiger partial charge >= 0.3 is 0 Å². The van der Waals surface area contributed by atoms with Crippen molar-refractivity contribution in [3.05, 3.63) is 29.8 Å². The van der Waals surface area contributed by atoms with Crippen molar-refractivity contribution < 1.29 is 4.74 Å². The van der Waals surface area contributed by atoms with Gasteiger partial charge in [-0.1, -0.05) is 18.2 Å². The summed E-state index contributed by atoms with van der Waals surface area (Å²) in [4.78, 5) is 2.17. The van der Waals surface area contributed by atoms with E-state index in [0.717, 1.165) is 18.8 Å². The van der Waals surface area contributed by atoms with Gasteiger partial charge in [0.05, 0.1) is 6.61 Å². The molecule has 17 heavy (non-hydrogen) atoms. The van der Waals surface area contributed by atoms with Crippen LogP contribution in [0, 0.1) is 0 Å². The Morgan fingerprint density at radius 1 is 1.29 bits per heavy atom. The fourth-order valence-electron chi connectivity index (χ4n) is 1.74. The monoisotopic (exact) mass is 236 g/mol. The van der Waals surface area contributed by atoms with Crippen LogP contribution in [0.3, 0.4) is 0 Å². The molecule has 0 aliphatic heterocycles. The molecular formula is C14H24N2O. The first kappa shape index (κ1) is 14.0. The van der Waals surface area contributed by atoms with E-state index in [1.54, 1.807) is 0 Å². The van der Waals surface area contributed by atoms with Gasteiger partial charge in [-0.05, 0) is 34.0 Å². The summed E-state index contributed by atoms with van der Waals surface area (Å²) in [5.74, 6) is 0.986. The lowest BCUT2D eigenvalue weighted by Crippen LogP contribution is -2.28. The Labute approximate surface area is 105 Å². The number of hydrogen-bond acceptors (Lipinski definition) is 3. The van der Waals surface area contributed by atoms with E-state index in [2.05, 4.69) is 43.4 Å². The number of para-hydroxylation sites is 1. The number of nitrogens with one attached hydrogen (secondary N) is 1. The predicted octanol–water partition coefficient (Wildman–Crippen LogP) is 2.30.